The third kappa shape index (κ3) is 4.21. The number of aryl methyl sites for hydroxylation is 1. The molecule has 2 aromatic carbocycles. The molecular formula is C25H23N3O4S. The predicted octanol–water partition coefficient (Wildman–Crippen LogP) is 3.82. The minimum atomic E-state index is -0.387. The van der Waals surface area contributed by atoms with Gasteiger partial charge in [-0.25, -0.2) is 9.78 Å². The van der Waals surface area contributed by atoms with Crippen molar-refractivity contribution in [3.05, 3.63) is 76.6 Å². The fourth-order valence-corrected chi connectivity index (χ4v) is 4.95. The van der Waals surface area contributed by atoms with Crippen molar-refractivity contribution in [2.75, 3.05) is 13.7 Å². The number of fused-ring (bicyclic) bond motifs is 2. The summed E-state index contributed by atoms with van der Waals surface area (Å²) >= 11 is 1.54. The Morgan fingerprint density at radius 1 is 1.27 bits per heavy atom. The van der Waals surface area contributed by atoms with Crippen LogP contribution in [0.3, 0.4) is 0 Å². The number of ether oxygens (including phenoxy) is 2. The number of hydrogen-bond acceptors (Lipinski definition) is 6. The lowest BCUT2D eigenvalue weighted by molar-refractivity contribution is -0.120. The van der Waals surface area contributed by atoms with Crippen LogP contribution < -0.4 is 10.1 Å². The monoisotopic (exact) mass is 461 g/mol. The maximum absolute atomic E-state index is 12.5. The van der Waals surface area contributed by atoms with E-state index >= 15 is 0 Å². The van der Waals surface area contributed by atoms with Gasteiger partial charge in [0.25, 0.3) is 0 Å². The van der Waals surface area contributed by atoms with Crippen LogP contribution in [-0.4, -0.2) is 41.0 Å². The van der Waals surface area contributed by atoms with E-state index in [4.69, 9.17) is 9.47 Å². The van der Waals surface area contributed by atoms with Gasteiger partial charge in [0.2, 0.25) is 5.91 Å². The fourth-order valence-electron chi connectivity index (χ4n) is 4.23. The van der Waals surface area contributed by atoms with Crippen LogP contribution in [0.15, 0.2) is 54.2 Å². The third-order valence-corrected chi connectivity index (χ3v) is 6.45. The second-order valence-electron chi connectivity index (χ2n) is 8.09. The minimum absolute atomic E-state index is 0.0900. The summed E-state index contributed by atoms with van der Waals surface area (Å²) in [5, 5.41) is 4.93. The normalized spacial score (nSPS) is 14.7. The van der Waals surface area contributed by atoms with Crippen molar-refractivity contribution in [2.45, 2.75) is 25.9 Å². The molecule has 4 aromatic rings. The lowest BCUT2D eigenvalue weighted by Gasteiger charge is -2.15. The van der Waals surface area contributed by atoms with E-state index in [9.17, 15) is 9.59 Å². The summed E-state index contributed by atoms with van der Waals surface area (Å²) in [4.78, 5) is 30.1. The van der Waals surface area contributed by atoms with Gasteiger partial charge >= 0.3 is 5.97 Å². The SMILES string of the molecule is COC(=O)c1ccccc1-c1cc(C)cc2c1O[C@H](CNC(=O)Cc1cn3ccsc3n1)C2. The van der Waals surface area contributed by atoms with Crippen LogP contribution in [0, 0.1) is 6.92 Å². The molecule has 5 rings (SSSR count). The molecule has 2 aromatic heterocycles. The Labute approximate surface area is 195 Å². The van der Waals surface area contributed by atoms with Crippen LogP contribution in [0.5, 0.6) is 5.75 Å². The molecule has 1 N–H and O–H groups in total. The Bertz CT molecular complexity index is 1330. The highest BCUT2D eigenvalue weighted by molar-refractivity contribution is 7.15. The van der Waals surface area contributed by atoms with E-state index in [1.54, 1.807) is 6.07 Å². The maximum atomic E-state index is 12.5. The van der Waals surface area contributed by atoms with Gasteiger partial charge in [-0.1, -0.05) is 24.3 Å². The molecule has 0 unspecified atom stereocenters. The maximum Gasteiger partial charge on any atom is 0.338 e. The van der Waals surface area contributed by atoms with Crippen molar-refractivity contribution < 1.29 is 19.1 Å². The Morgan fingerprint density at radius 2 is 2.12 bits per heavy atom. The van der Waals surface area contributed by atoms with Gasteiger partial charge < -0.3 is 14.8 Å². The molecule has 168 valence electrons. The average molecular weight is 462 g/mol. The molecule has 0 saturated carbocycles. The standard InChI is InChI=1S/C25H23N3O4S/c1-15-9-16-11-18(13-26-22(29)12-17-14-28-7-8-33-25(28)27-17)32-23(16)21(10-15)19-5-3-4-6-20(19)24(30)31-2/h3-10,14,18H,11-13H2,1-2H3,(H,26,29)/t18-/m0/s1. The summed E-state index contributed by atoms with van der Waals surface area (Å²) in [6.45, 7) is 2.42. The van der Waals surface area contributed by atoms with Crippen molar-refractivity contribution in [3.8, 4) is 16.9 Å². The van der Waals surface area contributed by atoms with E-state index in [2.05, 4.69) is 16.4 Å². The number of methoxy groups -OCH3 is 1. The van der Waals surface area contributed by atoms with Gasteiger partial charge in [-0.15, -0.1) is 11.3 Å². The number of carbonyl (C=O) groups is 2. The molecule has 1 aliphatic rings. The van der Waals surface area contributed by atoms with Gasteiger partial charge in [0.1, 0.15) is 11.9 Å². The zero-order valence-electron chi connectivity index (χ0n) is 18.3. The third-order valence-electron chi connectivity index (χ3n) is 5.68. The van der Waals surface area contributed by atoms with Gasteiger partial charge in [-0.3, -0.25) is 9.20 Å². The Kier molecular flexibility index (Phi) is 5.60. The summed E-state index contributed by atoms with van der Waals surface area (Å²) in [7, 11) is 1.38. The minimum Gasteiger partial charge on any atom is -0.487 e. The van der Waals surface area contributed by atoms with Crippen LogP contribution in [0.25, 0.3) is 16.1 Å². The molecule has 0 spiro atoms. The number of amides is 1. The van der Waals surface area contributed by atoms with Crippen LogP contribution in [-0.2, 0) is 22.4 Å². The molecule has 33 heavy (non-hydrogen) atoms. The first-order valence-corrected chi connectivity index (χ1v) is 11.6. The molecule has 0 fully saturated rings. The highest BCUT2D eigenvalue weighted by atomic mass is 32.1. The van der Waals surface area contributed by atoms with Crippen LogP contribution in [0.1, 0.15) is 27.2 Å². The van der Waals surface area contributed by atoms with E-state index in [0.29, 0.717) is 18.5 Å². The number of benzene rings is 2. The molecular weight excluding hydrogens is 438 g/mol. The van der Waals surface area contributed by atoms with Gasteiger partial charge in [-0.05, 0) is 35.7 Å². The van der Waals surface area contributed by atoms with Crippen molar-refractivity contribution in [1.29, 1.82) is 0 Å². The van der Waals surface area contributed by atoms with Crippen molar-refractivity contribution >= 4 is 28.2 Å². The molecule has 1 aliphatic heterocycles. The Morgan fingerprint density at radius 3 is 2.94 bits per heavy atom. The predicted molar refractivity (Wildman–Crippen MR) is 126 cm³/mol. The number of thiazole rings is 1. The first-order chi connectivity index (χ1) is 16.0. The lowest BCUT2D eigenvalue weighted by atomic mass is 9.94. The summed E-state index contributed by atoms with van der Waals surface area (Å²) < 4.78 is 13.1. The number of esters is 1. The average Bonchev–Trinajstić information content (AvgIpc) is 3.51. The van der Waals surface area contributed by atoms with E-state index in [0.717, 1.165) is 38.7 Å². The van der Waals surface area contributed by atoms with Gasteiger partial charge in [0.15, 0.2) is 4.96 Å². The number of rotatable bonds is 6. The highest BCUT2D eigenvalue weighted by Crippen LogP contribution is 2.41. The van der Waals surface area contributed by atoms with Crippen LogP contribution in [0.4, 0.5) is 0 Å². The highest BCUT2D eigenvalue weighted by Gasteiger charge is 2.28. The number of imidazole rings is 1. The van der Waals surface area contributed by atoms with E-state index < -0.39 is 0 Å². The van der Waals surface area contributed by atoms with Crippen LogP contribution in [0.2, 0.25) is 0 Å². The molecule has 0 radical (unpaired) electrons. The molecule has 1 atom stereocenters. The smallest absolute Gasteiger partial charge is 0.338 e. The van der Waals surface area contributed by atoms with Gasteiger partial charge in [-0.2, -0.15) is 0 Å². The second kappa shape index (κ2) is 8.71. The van der Waals surface area contributed by atoms with Crippen LogP contribution >= 0.6 is 11.3 Å². The van der Waals surface area contributed by atoms with Crippen molar-refractivity contribution in [2.24, 2.45) is 0 Å². The van der Waals surface area contributed by atoms with Crippen molar-refractivity contribution in [1.82, 2.24) is 14.7 Å². The molecule has 1 amide bonds. The summed E-state index contributed by atoms with van der Waals surface area (Å²) in [6.07, 6.45) is 4.53. The van der Waals surface area contributed by atoms with E-state index in [1.165, 1.54) is 18.4 Å². The molecule has 3 heterocycles. The Balaban J connectivity index is 1.30. The number of nitrogens with one attached hydrogen (secondary N) is 1. The lowest BCUT2D eigenvalue weighted by Crippen LogP contribution is -2.35. The molecule has 0 saturated heterocycles. The summed E-state index contributed by atoms with van der Waals surface area (Å²) in [6, 6.07) is 11.5. The molecule has 8 heteroatoms. The summed E-state index contributed by atoms with van der Waals surface area (Å²) in [5.41, 5.74) is 5.02. The molecule has 0 aliphatic carbocycles. The topological polar surface area (TPSA) is 81.9 Å². The summed E-state index contributed by atoms with van der Waals surface area (Å²) in [5.74, 6) is 0.278. The number of nitrogens with zero attached hydrogens (tertiary/aromatic N) is 2. The fraction of sp³-hybridized carbons (Fsp3) is 0.240. The van der Waals surface area contributed by atoms with E-state index in [1.807, 2.05) is 53.4 Å². The largest absolute Gasteiger partial charge is 0.487 e. The van der Waals surface area contributed by atoms with E-state index in [-0.39, 0.29) is 24.4 Å². The van der Waals surface area contributed by atoms with Gasteiger partial charge in [0.05, 0.1) is 31.3 Å². The molecule has 0 bridgehead atoms. The quantitative estimate of drug-likeness (QED) is 0.442. The van der Waals surface area contributed by atoms with Gasteiger partial charge in [0, 0.05) is 29.8 Å². The second-order valence-corrected chi connectivity index (χ2v) is 8.96. The number of carbonyl (C=O) groups excluding carboxylic acids is 2. The van der Waals surface area contributed by atoms with Crippen molar-refractivity contribution in [3.63, 3.8) is 0 Å². The Hall–Kier alpha value is -3.65. The zero-order chi connectivity index (χ0) is 22.9. The molecule has 7 nitrogen and oxygen atoms in total. The number of hydrogen-bond donors (Lipinski definition) is 1. The zero-order valence-corrected chi connectivity index (χ0v) is 19.1. The first kappa shape index (κ1) is 21.2. The number of aromatic nitrogens is 2. The first-order valence-electron chi connectivity index (χ1n) is 10.7.